The van der Waals surface area contributed by atoms with Crippen LogP contribution in [0, 0.1) is 0 Å². The predicted octanol–water partition coefficient (Wildman–Crippen LogP) is 4.39. The highest BCUT2D eigenvalue weighted by Gasteiger charge is 2.25. The standard InChI is InChI=1S/C26H32N4O2/c31-23-11-9-21(10-12-23)28-26-27-16-20-8-13-24(15-25(20)29-26)32-18-22-7-4-14-30(22)17-19-5-2-1-3-6-19/h1-3,5-6,8,13,15-16,21-23,31H,4,7,9-12,14,17-18H2,(H,27,28,29)/t21?,22-,23?/m0/s1. The molecule has 1 atom stereocenters. The third-order valence-corrected chi connectivity index (χ3v) is 6.75. The molecule has 0 amide bonds. The Hall–Kier alpha value is -2.70. The van der Waals surface area contributed by atoms with Gasteiger partial charge in [-0.25, -0.2) is 9.97 Å². The van der Waals surface area contributed by atoms with E-state index in [4.69, 9.17) is 9.72 Å². The van der Waals surface area contributed by atoms with Gasteiger partial charge in [0.2, 0.25) is 5.95 Å². The van der Waals surface area contributed by atoms with Gasteiger partial charge in [0.15, 0.2) is 0 Å². The molecule has 32 heavy (non-hydrogen) atoms. The van der Waals surface area contributed by atoms with Crippen molar-refractivity contribution in [3.8, 4) is 5.75 Å². The van der Waals surface area contributed by atoms with Crippen molar-refractivity contribution in [2.24, 2.45) is 0 Å². The fourth-order valence-electron chi connectivity index (χ4n) is 4.87. The van der Waals surface area contributed by atoms with Gasteiger partial charge in [-0.1, -0.05) is 30.3 Å². The molecule has 6 heteroatoms. The summed E-state index contributed by atoms with van der Waals surface area (Å²) in [6, 6.07) is 17.5. The molecule has 168 valence electrons. The fraction of sp³-hybridized carbons (Fsp3) is 0.462. The second-order valence-corrected chi connectivity index (χ2v) is 9.13. The number of ether oxygens (including phenoxy) is 1. The van der Waals surface area contributed by atoms with Gasteiger partial charge in [0.1, 0.15) is 12.4 Å². The molecular weight excluding hydrogens is 400 g/mol. The number of likely N-dealkylation sites (tertiary alicyclic amines) is 1. The van der Waals surface area contributed by atoms with Gasteiger partial charge in [-0.2, -0.15) is 0 Å². The van der Waals surface area contributed by atoms with Crippen molar-refractivity contribution in [1.29, 1.82) is 0 Å². The van der Waals surface area contributed by atoms with E-state index in [1.807, 2.05) is 24.4 Å². The summed E-state index contributed by atoms with van der Waals surface area (Å²) in [6.45, 7) is 2.80. The van der Waals surface area contributed by atoms with Gasteiger partial charge in [0.25, 0.3) is 0 Å². The van der Waals surface area contributed by atoms with Crippen LogP contribution in [0.25, 0.3) is 10.9 Å². The third-order valence-electron chi connectivity index (χ3n) is 6.75. The molecule has 2 fully saturated rings. The highest BCUT2D eigenvalue weighted by atomic mass is 16.5. The fourth-order valence-corrected chi connectivity index (χ4v) is 4.87. The monoisotopic (exact) mass is 432 g/mol. The lowest BCUT2D eigenvalue weighted by Crippen LogP contribution is -2.33. The molecule has 1 saturated heterocycles. The average Bonchev–Trinajstić information content (AvgIpc) is 3.26. The van der Waals surface area contributed by atoms with Gasteiger partial charge in [-0.15, -0.1) is 0 Å². The van der Waals surface area contributed by atoms with E-state index in [2.05, 4.69) is 45.5 Å². The first-order chi connectivity index (χ1) is 15.7. The first-order valence-corrected chi connectivity index (χ1v) is 11.8. The van der Waals surface area contributed by atoms with Crippen LogP contribution in [-0.4, -0.2) is 51.3 Å². The van der Waals surface area contributed by atoms with E-state index in [1.165, 1.54) is 18.4 Å². The molecule has 1 aliphatic heterocycles. The van der Waals surface area contributed by atoms with E-state index in [0.717, 1.165) is 55.4 Å². The van der Waals surface area contributed by atoms with Crippen LogP contribution in [0.15, 0.2) is 54.7 Å². The van der Waals surface area contributed by atoms with Gasteiger partial charge in [-0.05, 0) is 62.8 Å². The van der Waals surface area contributed by atoms with Crippen molar-refractivity contribution in [3.05, 3.63) is 60.3 Å². The second-order valence-electron chi connectivity index (χ2n) is 9.13. The van der Waals surface area contributed by atoms with Crippen molar-refractivity contribution in [3.63, 3.8) is 0 Å². The van der Waals surface area contributed by atoms with Gasteiger partial charge in [0.05, 0.1) is 11.6 Å². The molecule has 2 N–H and O–H groups in total. The quantitative estimate of drug-likeness (QED) is 0.577. The van der Waals surface area contributed by atoms with Gasteiger partial charge in [-0.3, -0.25) is 4.90 Å². The molecule has 6 nitrogen and oxygen atoms in total. The normalized spacial score (nSPS) is 24.0. The first-order valence-electron chi connectivity index (χ1n) is 11.8. The lowest BCUT2D eigenvalue weighted by atomic mass is 9.93. The number of anilines is 1. The number of fused-ring (bicyclic) bond motifs is 1. The Bertz CT molecular complexity index is 1020. The Kier molecular flexibility index (Phi) is 6.51. The van der Waals surface area contributed by atoms with Crippen LogP contribution in [0.3, 0.4) is 0 Å². The molecule has 3 aromatic rings. The summed E-state index contributed by atoms with van der Waals surface area (Å²) in [5.74, 6) is 1.51. The maximum Gasteiger partial charge on any atom is 0.223 e. The Balaban J connectivity index is 1.21. The molecule has 1 aliphatic carbocycles. The van der Waals surface area contributed by atoms with Gasteiger partial charge in [0, 0.05) is 36.3 Å². The molecule has 2 aromatic carbocycles. The van der Waals surface area contributed by atoms with Crippen LogP contribution in [0.2, 0.25) is 0 Å². The van der Waals surface area contributed by atoms with E-state index in [9.17, 15) is 5.11 Å². The molecular formula is C26H32N4O2. The van der Waals surface area contributed by atoms with Crippen LogP contribution < -0.4 is 10.1 Å². The average molecular weight is 433 g/mol. The van der Waals surface area contributed by atoms with Crippen molar-refractivity contribution >= 4 is 16.9 Å². The topological polar surface area (TPSA) is 70.5 Å². The Labute approximate surface area is 189 Å². The predicted molar refractivity (Wildman–Crippen MR) is 127 cm³/mol. The van der Waals surface area contributed by atoms with Crippen LogP contribution in [0.5, 0.6) is 5.75 Å². The highest BCUT2D eigenvalue weighted by Crippen LogP contribution is 2.25. The summed E-state index contributed by atoms with van der Waals surface area (Å²) in [5, 5.41) is 14.2. The number of benzene rings is 2. The molecule has 0 spiro atoms. The molecule has 1 aromatic heterocycles. The smallest absolute Gasteiger partial charge is 0.223 e. The summed E-state index contributed by atoms with van der Waals surface area (Å²) >= 11 is 0. The number of aliphatic hydroxyl groups is 1. The maximum atomic E-state index is 9.71. The first kappa shape index (κ1) is 21.2. The zero-order valence-corrected chi connectivity index (χ0v) is 18.5. The van der Waals surface area contributed by atoms with Crippen molar-refractivity contribution in [1.82, 2.24) is 14.9 Å². The number of aromatic nitrogens is 2. The van der Waals surface area contributed by atoms with Crippen LogP contribution >= 0.6 is 0 Å². The summed E-state index contributed by atoms with van der Waals surface area (Å²) < 4.78 is 6.22. The number of nitrogens with one attached hydrogen (secondary N) is 1. The lowest BCUT2D eigenvalue weighted by molar-refractivity contribution is 0.126. The number of aliphatic hydroxyl groups excluding tert-OH is 1. The molecule has 2 heterocycles. The third kappa shape index (κ3) is 5.19. The summed E-state index contributed by atoms with van der Waals surface area (Å²) in [7, 11) is 0. The molecule has 0 unspecified atom stereocenters. The van der Waals surface area contributed by atoms with Crippen LogP contribution in [0.4, 0.5) is 5.95 Å². The van der Waals surface area contributed by atoms with E-state index < -0.39 is 0 Å². The lowest BCUT2D eigenvalue weighted by Gasteiger charge is -2.26. The SMILES string of the molecule is OC1CCC(Nc2ncc3ccc(OC[C@@H]4CCCN4Cc4ccccc4)cc3n2)CC1. The van der Waals surface area contributed by atoms with Gasteiger partial charge < -0.3 is 15.2 Å². The minimum absolute atomic E-state index is 0.159. The maximum absolute atomic E-state index is 9.71. The molecule has 1 saturated carbocycles. The zero-order chi connectivity index (χ0) is 21.8. The summed E-state index contributed by atoms with van der Waals surface area (Å²) in [6.07, 6.45) is 7.68. The summed E-state index contributed by atoms with van der Waals surface area (Å²) in [5.41, 5.74) is 2.25. The number of rotatable bonds is 7. The van der Waals surface area contributed by atoms with Gasteiger partial charge >= 0.3 is 0 Å². The minimum Gasteiger partial charge on any atom is -0.492 e. The molecule has 0 radical (unpaired) electrons. The van der Waals surface area contributed by atoms with E-state index in [0.29, 0.717) is 24.6 Å². The van der Waals surface area contributed by atoms with Crippen molar-refractivity contribution < 1.29 is 9.84 Å². The second kappa shape index (κ2) is 9.84. The molecule has 5 rings (SSSR count). The Morgan fingerprint density at radius 3 is 2.72 bits per heavy atom. The Morgan fingerprint density at radius 2 is 1.88 bits per heavy atom. The molecule has 2 aliphatic rings. The van der Waals surface area contributed by atoms with Crippen LogP contribution in [-0.2, 0) is 6.54 Å². The number of nitrogens with zero attached hydrogens (tertiary/aromatic N) is 3. The summed E-state index contributed by atoms with van der Waals surface area (Å²) in [4.78, 5) is 11.7. The largest absolute Gasteiger partial charge is 0.492 e. The van der Waals surface area contributed by atoms with E-state index in [-0.39, 0.29) is 6.10 Å². The zero-order valence-electron chi connectivity index (χ0n) is 18.5. The highest BCUT2D eigenvalue weighted by molar-refractivity contribution is 5.80. The van der Waals surface area contributed by atoms with Crippen molar-refractivity contribution in [2.75, 3.05) is 18.5 Å². The number of hydrogen-bond acceptors (Lipinski definition) is 6. The van der Waals surface area contributed by atoms with E-state index >= 15 is 0 Å². The minimum atomic E-state index is -0.159. The Morgan fingerprint density at radius 1 is 1.03 bits per heavy atom. The van der Waals surface area contributed by atoms with Crippen LogP contribution in [0.1, 0.15) is 44.1 Å². The van der Waals surface area contributed by atoms with Crippen molar-refractivity contribution in [2.45, 2.75) is 63.3 Å². The molecule has 0 bridgehead atoms. The van der Waals surface area contributed by atoms with E-state index in [1.54, 1.807) is 0 Å². The number of hydrogen-bond donors (Lipinski definition) is 2.